The minimum Gasteiger partial charge on any atom is -0.346 e. The molecule has 1 aromatic carbocycles. The third-order valence-electron chi connectivity index (χ3n) is 5.70. The van der Waals surface area contributed by atoms with Crippen LogP contribution in [0.4, 0.5) is 5.69 Å². The lowest BCUT2D eigenvalue weighted by molar-refractivity contribution is -0.114. The minimum absolute atomic E-state index is 0.280. The number of carbonyl (C=O) groups is 3. The van der Waals surface area contributed by atoms with E-state index in [1.165, 1.54) is 5.01 Å². The van der Waals surface area contributed by atoms with Crippen LogP contribution in [0, 0.1) is 13.8 Å². The number of aryl methyl sites for hydroxylation is 2. The van der Waals surface area contributed by atoms with Crippen molar-refractivity contribution in [3.63, 3.8) is 0 Å². The number of carbonyl (C=O) groups excluding carboxylic acids is 3. The molecule has 4 rings (SSSR count). The molecule has 36 heavy (non-hydrogen) atoms. The standard InChI is InChI=1S/C26H26N6O3S/c1-15-8-9-20(13-16(15)2)32-26(35)23(18(4)31-32)17(3)29-30-25(34)22-11-10-21(36-22)24(33)28-14-19-7-5-6-12-27-19/h5-13,29H,14H2,1-4H3,(H,28,33)(H,30,34)/b23-17-. The van der Waals surface area contributed by atoms with Crippen molar-refractivity contribution in [2.45, 2.75) is 34.2 Å². The summed E-state index contributed by atoms with van der Waals surface area (Å²) in [5.74, 6) is -0.987. The normalized spacial score (nSPS) is 14.4. The molecule has 0 radical (unpaired) electrons. The molecule has 0 spiro atoms. The van der Waals surface area contributed by atoms with Crippen molar-refractivity contribution in [2.75, 3.05) is 5.01 Å². The zero-order valence-corrected chi connectivity index (χ0v) is 21.2. The molecule has 1 aliphatic heterocycles. The predicted octanol–water partition coefficient (Wildman–Crippen LogP) is 3.62. The lowest BCUT2D eigenvalue weighted by atomic mass is 10.1. The first kappa shape index (κ1) is 24.8. The second-order valence-electron chi connectivity index (χ2n) is 8.32. The third kappa shape index (κ3) is 5.33. The Hall–Kier alpha value is -4.31. The summed E-state index contributed by atoms with van der Waals surface area (Å²) < 4.78 is 0. The van der Waals surface area contributed by atoms with Crippen LogP contribution in [-0.4, -0.2) is 28.4 Å². The molecule has 3 heterocycles. The van der Waals surface area contributed by atoms with Crippen LogP contribution >= 0.6 is 11.3 Å². The van der Waals surface area contributed by atoms with Crippen molar-refractivity contribution in [3.8, 4) is 0 Å². The summed E-state index contributed by atoms with van der Waals surface area (Å²) in [7, 11) is 0. The number of thiophene rings is 1. The van der Waals surface area contributed by atoms with Crippen molar-refractivity contribution in [2.24, 2.45) is 5.10 Å². The Balaban J connectivity index is 1.37. The summed E-state index contributed by atoms with van der Waals surface area (Å²) >= 11 is 1.07. The van der Waals surface area contributed by atoms with E-state index in [1.807, 2.05) is 44.2 Å². The maximum Gasteiger partial charge on any atom is 0.282 e. The fourth-order valence-electron chi connectivity index (χ4n) is 3.59. The van der Waals surface area contributed by atoms with E-state index in [0.717, 1.165) is 28.2 Å². The number of nitrogens with one attached hydrogen (secondary N) is 3. The first-order chi connectivity index (χ1) is 17.2. The van der Waals surface area contributed by atoms with Gasteiger partial charge in [0.25, 0.3) is 17.7 Å². The van der Waals surface area contributed by atoms with Gasteiger partial charge in [0.2, 0.25) is 0 Å². The fraction of sp³-hybridized carbons (Fsp3) is 0.192. The summed E-state index contributed by atoms with van der Waals surface area (Å²) in [6, 6.07) is 14.4. The van der Waals surface area contributed by atoms with Gasteiger partial charge in [-0.15, -0.1) is 11.3 Å². The second kappa shape index (κ2) is 10.5. The minimum atomic E-state index is -0.422. The Kier molecular flexibility index (Phi) is 7.25. The Morgan fingerprint density at radius 3 is 2.39 bits per heavy atom. The van der Waals surface area contributed by atoms with Gasteiger partial charge in [0.1, 0.15) is 0 Å². The highest BCUT2D eigenvalue weighted by molar-refractivity contribution is 7.15. The molecule has 10 heteroatoms. The third-order valence-corrected chi connectivity index (χ3v) is 6.78. The van der Waals surface area contributed by atoms with Crippen LogP contribution in [0.15, 0.2) is 71.1 Å². The van der Waals surface area contributed by atoms with Crippen LogP contribution < -0.4 is 21.2 Å². The van der Waals surface area contributed by atoms with E-state index in [4.69, 9.17) is 0 Å². The molecule has 0 atom stereocenters. The zero-order valence-electron chi connectivity index (χ0n) is 20.4. The Morgan fingerprint density at radius 2 is 1.69 bits per heavy atom. The topological polar surface area (TPSA) is 116 Å². The number of aromatic nitrogens is 1. The number of hydrazine groups is 1. The molecule has 0 bridgehead atoms. The van der Waals surface area contributed by atoms with Gasteiger partial charge in [-0.25, -0.2) is 0 Å². The molecular weight excluding hydrogens is 476 g/mol. The van der Waals surface area contributed by atoms with Gasteiger partial charge in [0.05, 0.1) is 39.0 Å². The molecule has 2 aromatic heterocycles. The van der Waals surface area contributed by atoms with Crippen molar-refractivity contribution >= 4 is 40.5 Å². The quantitative estimate of drug-likeness (QED) is 0.337. The largest absolute Gasteiger partial charge is 0.346 e. The molecule has 3 N–H and O–H groups in total. The molecule has 184 valence electrons. The maximum absolute atomic E-state index is 13.1. The molecule has 9 nitrogen and oxygen atoms in total. The van der Waals surface area contributed by atoms with Crippen LogP contribution in [-0.2, 0) is 11.3 Å². The van der Waals surface area contributed by atoms with Crippen LogP contribution in [0.25, 0.3) is 0 Å². The molecule has 0 aliphatic carbocycles. The van der Waals surface area contributed by atoms with Gasteiger partial charge in [-0.3, -0.25) is 24.8 Å². The summed E-state index contributed by atoms with van der Waals surface area (Å²) in [4.78, 5) is 43.0. The van der Waals surface area contributed by atoms with E-state index in [0.29, 0.717) is 39.0 Å². The van der Waals surface area contributed by atoms with Gasteiger partial charge in [-0.1, -0.05) is 12.1 Å². The summed E-state index contributed by atoms with van der Waals surface area (Å²) in [5.41, 5.74) is 10.4. The average Bonchev–Trinajstić information content (AvgIpc) is 3.48. The van der Waals surface area contributed by atoms with Crippen LogP contribution in [0.1, 0.15) is 50.0 Å². The summed E-state index contributed by atoms with van der Waals surface area (Å²) in [6.45, 7) is 7.72. The zero-order chi connectivity index (χ0) is 25.8. The lowest BCUT2D eigenvalue weighted by Crippen LogP contribution is -2.37. The molecule has 1 aliphatic rings. The fourth-order valence-corrected chi connectivity index (χ4v) is 4.41. The molecule has 0 unspecified atom stereocenters. The van der Waals surface area contributed by atoms with Crippen LogP contribution in [0.5, 0.6) is 0 Å². The number of benzene rings is 1. The van der Waals surface area contributed by atoms with Gasteiger partial charge in [0.15, 0.2) is 0 Å². The second-order valence-corrected chi connectivity index (χ2v) is 9.40. The highest BCUT2D eigenvalue weighted by atomic mass is 32.1. The Labute approximate surface area is 212 Å². The van der Waals surface area contributed by atoms with Gasteiger partial charge in [0, 0.05) is 11.9 Å². The number of nitrogens with zero attached hydrogens (tertiary/aromatic N) is 3. The Morgan fingerprint density at radius 1 is 0.944 bits per heavy atom. The first-order valence-corrected chi connectivity index (χ1v) is 12.1. The Bertz CT molecular complexity index is 1390. The van der Waals surface area contributed by atoms with Gasteiger partial charge in [-0.05, 0) is 75.2 Å². The highest BCUT2D eigenvalue weighted by Crippen LogP contribution is 2.26. The molecule has 3 amide bonds. The van der Waals surface area contributed by atoms with E-state index in [2.05, 4.69) is 26.3 Å². The van der Waals surface area contributed by atoms with Gasteiger partial charge >= 0.3 is 0 Å². The van der Waals surface area contributed by atoms with Crippen molar-refractivity contribution in [1.82, 2.24) is 21.2 Å². The lowest BCUT2D eigenvalue weighted by Gasteiger charge is -2.14. The number of anilines is 1. The first-order valence-electron chi connectivity index (χ1n) is 11.3. The van der Waals surface area contributed by atoms with E-state index < -0.39 is 5.91 Å². The number of hydrogen-bond donors (Lipinski definition) is 3. The van der Waals surface area contributed by atoms with E-state index in [1.54, 1.807) is 38.2 Å². The smallest absolute Gasteiger partial charge is 0.282 e. The molecule has 0 fully saturated rings. The van der Waals surface area contributed by atoms with Gasteiger partial charge in [-0.2, -0.15) is 10.1 Å². The molecular formula is C26H26N6O3S. The number of amides is 3. The van der Waals surface area contributed by atoms with Crippen LogP contribution in [0.2, 0.25) is 0 Å². The molecule has 0 saturated carbocycles. The summed E-state index contributed by atoms with van der Waals surface area (Å²) in [5, 5.41) is 8.55. The average molecular weight is 503 g/mol. The van der Waals surface area contributed by atoms with Crippen LogP contribution in [0.3, 0.4) is 0 Å². The number of allylic oxidation sites excluding steroid dienone is 1. The number of hydrazone groups is 1. The maximum atomic E-state index is 13.1. The molecule has 3 aromatic rings. The van der Waals surface area contributed by atoms with Crippen molar-refractivity contribution < 1.29 is 14.4 Å². The highest BCUT2D eigenvalue weighted by Gasteiger charge is 2.31. The summed E-state index contributed by atoms with van der Waals surface area (Å²) in [6.07, 6.45) is 1.66. The van der Waals surface area contributed by atoms with E-state index in [9.17, 15) is 14.4 Å². The van der Waals surface area contributed by atoms with E-state index >= 15 is 0 Å². The number of rotatable bonds is 7. The number of hydrogen-bond acceptors (Lipinski definition) is 7. The predicted molar refractivity (Wildman–Crippen MR) is 140 cm³/mol. The number of pyridine rings is 1. The SMILES string of the molecule is CC1=NN(c2ccc(C)c(C)c2)C(=O)/C1=C(/C)NNC(=O)c1ccc(C(=O)NCc2ccccn2)s1. The monoisotopic (exact) mass is 502 g/mol. The van der Waals surface area contributed by atoms with Gasteiger partial charge < -0.3 is 10.7 Å². The van der Waals surface area contributed by atoms with Crippen molar-refractivity contribution in [1.29, 1.82) is 0 Å². The molecule has 0 saturated heterocycles. The van der Waals surface area contributed by atoms with E-state index in [-0.39, 0.29) is 11.8 Å². The van der Waals surface area contributed by atoms with Crippen molar-refractivity contribution in [3.05, 3.63) is 92.6 Å².